The van der Waals surface area contributed by atoms with Gasteiger partial charge in [-0.25, -0.2) is 0 Å². The van der Waals surface area contributed by atoms with E-state index < -0.39 is 0 Å². The molecular weight excluding hydrogens is 376 g/mol. The molecule has 1 atom stereocenters. The average Bonchev–Trinajstić information content (AvgIpc) is 3.35. The fraction of sp³-hybridized carbons (Fsp3) is 0.0833. The van der Waals surface area contributed by atoms with E-state index in [1.54, 1.807) is 0 Å². The summed E-state index contributed by atoms with van der Waals surface area (Å²) < 4.78 is 2.60. The van der Waals surface area contributed by atoms with Gasteiger partial charge in [0.15, 0.2) is 0 Å². The van der Waals surface area contributed by atoms with Crippen LogP contribution in [-0.2, 0) is 0 Å². The molecule has 0 bridgehead atoms. The molecule has 0 fully saturated rings. The first kappa shape index (κ1) is 16.5. The van der Waals surface area contributed by atoms with E-state index in [0.29, 0.717) is 5.84 Å². The van der Waals surface area contributed by atoms with E-state index in [1.165, 1.54) is 31.1 Å². The first-order chi connectivity index (χ1) is 14.3. The molecule has 1 unspecified atom stereocenters. The number of nitrogens with two attached hydrogens (primary N) is 1. The summed E-state index contributed by atoms with van der Waals surface area (Å²) in [6.45, 7) is 0. The van der Waals surface area contributed by atoms with E-state index in [4.69, 9.17) is 5.73 Å². The Hall–Kier alpha value is -3.44. The fourth-order valence-electron chi connectivity index (χ4n) is 4.26. The molecule has 1 aliphatic rings. The predicted molar refractivity (Wildman–Crippen MR) is 123 cm³/mol. The minimum Gasteiger partial charge on any atom is -0.385 e. The minimum absolute atomic E-state index is 0.0218. The van der Waals surface area contributed by atoms with Crippen molar-refractivity contribution in [1.29, 1.82) is 0 Å². The van der Waals surface area contributed by atoms with E-state index in [2.05, 4.69) is 82.0 Å². The van der Waals surface area contributed by atoms with E-state index >= 15 is 0 Å². The standard InChI is InChI=1S/C24H18N4S/c25-24-18(19-13-26-20-7-3-1-5-15(19)20)12-21(27-28-24)14-9-10-23-17(11-14)16-6-2-4-8-22(16)29-23/h1-11,13,18,26H,12H2,(H2,25,28). The summed E-state index contributed by atoms with van der Waals surface area (Å²) in [4.78, 5) is 3.35. The molecule has 1 aliphatic heterocycles. The van der Waals surface area contributed by atoms with Crippen molar-refractivity contribution >= 4 is 54.0 Å². The number of aromatic nitrogens is 1. The lowest BCUT2D eigenvalue weighted by atomic mass is 9.89. The highest BCUT2D eigenvalue weighted by Crippen LogP contribution is 2.36. The molecule has 4 nitrogen and oxygen atoms in total. The quantitative estimate of drug-likeness (QED) is 0.391. The smallest absolute Gasteiger partial charge is 0.130 e. The molecule has 3 N–H and O–H groups in total. The summed E-state index contributed by atoms with van der Waals surface area (Å²) in [6.07, 6.45) is 2.79. The Kier molecular flexibility index (Phi) is 3.58. The van der Waals surface area contributed by atoms with Gasteiger partial charge in [-0.05, 0) is 35.4 Å². The number of benzene rings is 3. The lowest BCUT2D eigenvalue weighted by Gasteiger charge is -2.20. The number of fused-ring (bicyclic) bond motifs is 4. The molecular formula is C24H18N4S. The van der Waals surface area contributed by atoms with Gasteiger partial charge in [-0.2, -0.15) is 5.10 Å². The highest BCUT2D eigenvalue weighted by molar-refractivity contribution is 7.25. The monoisotopic (exact) mass is 394 g/mol. The largest absolute Gasteiger partial charge is 0.385 e. The molecule has 0 radical (unpaired) electrons. The number of aromatic amines is 1. The van der Waals surface area contributed by atoms with Crippen molar-refractivity contribution in [2.45, 2.75) is 12.3 Å². The van der Waals surface area contributed by atoms with Crippen LogP contribution in [0.2, 0.25) is 0 Å². The SMILES string of the molecule is NC1=NN=C(c2ccc3sc4ccccc4c3c2)CC1c1c[nH]c2ccccc12. The zero-order valence-electron chi connectivity index (χ0n) is 15.6. The third kappa shape index (κ3) is 2.58. The maximum absolute atomic E-state index is 6.28. The third-order valence-corrected chi connectivity index (χ3v) is 6.90. The molecule has 0 spiro atoms. The van der Waals surface area contributed by atoms with E-state index in [1.807, 2.05) is 17.4 Å². The summed E-state index contributed by atoms with van der Waals surface area (Å²) in [5.41, 5.74) is 10.7. The summed E-state index contributed by atoms with van der Waals surface area (Å²) in [6, 6.07) is 23.4. The zero-order valence-corrected chi connectivity index (χ0v) is 16.4. The van der Waals surface area contributed by atoms with Crippen molar-refractivity contribution in [2.24, 2.45) is 15.9 Å². The number of nitrogens with zero attached hydrogens (tertiary/aromatic N) is 2. The molecule has 2 aromatic heterocycles. The lowest BCUT2D eigenvalue weighted by molar-refractivity contribution is 0.891. The number of hydrogen-bond acceptors (Lipinski definition) is 4. The molecule has 29 heavy (non-hydrogen) atoms. The molecule has 0 amide bonds. The van der Waals surface area contributed by atoms with Crippen LogP contribution in [0.3, 0.4) is 0 Å². The summed E-state index contributed by atoms with van der Waals surface area (Å²) in [5.74, 6) is 0.592. The molecule has 6 rings (SSSR count). The van der Waals surface area contributed by atoms with Crippen molar-refractivity contribution in [1.82, 2.24) is 4.98 Å². The van der Waals surface area contributed by atoms with Crippen molar-refractivity contribution in [3.63, 3.8) is 0 Å². The number of rotatable bonds is 2. The van der Waals surface area contributed by atoms with Gasteiger partial charge in [0.2, 0.25) is 0 Å². The highest BCUT2D eigenvalue weighted by Gasteiger charge is 2.26. The van der Waals surface area contributed by atoms with Crippen LogP contribution >= 0.6 is 11.3 Å². The van der Waals surface area contributed by atoms with Crippen LogP contribution < -0.4 is 5.73 Å². The van der Waals surface area contributed by atoms with Gasteiger partial charge in [0.05, 0.1) is 11.6 Å². The van der Waals surface area contributed by atoms with Crippen molar-refractivity contribution < 1.29 is 0 Å². The molecule has 5 aromatic rings. The number of thiophene rings is 1. The number of nitrogens with one attached hydrogen (secondary N) is 1. The van der Waals surface area contributed by atoms with Crippen LogP contribution in [0.1, 0.15) is 23.5 Å². The zero-order chi connectivity index (χ0) is 19.4. The maximum atomic E-state index is 6.28. The Morgan fingerprint density at radius 3 is 2.59 bits per heavy atom. The Morgan fingerprint density at radius 2 is 1.66 bits per heavy atom. The molecule has 0 saturated carbocycles. The number of amidine groups is 1. The van der Waals surface area contributed by atoms with Gasteiger partial charge in [0.1, 0.15) is 5.84 Å². The van der Waals surface area contributed by atoms with Gasteiger partial charge >= 0.3 is 0 Å². The van der Waals surface area contributed by atoms with Crippen LogP contribution in [-0.4, -0.2) is 16.5 Å². The second-order valence-corrected chi connectivity index (χ2v) is 8.51. The first-order valence-electron chi connectivity index (χ1n) is 9.65. The Bertz CT molecular complexity index is 1450. The number of hydrogen-bond donors (Lipinski definition) is 2. The molecule has 0 saturated heterocycles. The minimum atomic E-state index is 0.0218. The molecule has 0 aliphatic carbocycles. The topological polar surface area (TPSA) is 66.5 Å². The van der Waals surface area contributed by atoms with Gasteiger partial charge in [0, 0.05) is 43.7 Å². The maximum Gasteiger partial charge on any atom is 0.130 e. The second-order valence-electron chi connectivity index (χ2n) is 7.43. The van der Waals surface area contributed by atoms with Gasteiger partial charge in [-0.15, -0.1) is 16.4 Å². The first-order valence-corrected chi connectivity index (χ1v) is 10.5. The van der Waals surface area contributed by atoms with Crippen LogP contribution in [0.4, 0.5) is 0 Å². The summed E-state index contributed by atoms with van der Waals surface area (Å²) in [7, 11) is 0. The van der Waals surface area contributed by atoms with Crippen LogP contribution in [0.25, 0.3) is 31.1 Å². The van der Waals surface area contributed by atoms with E-state index in [-0.39, 0.29) is 5.92 Å². The predicted octanol–water partition coefficient (Wildman–Crippen LogP) is 5.78. The average molecular weight is 395 g/mol. The Balaban J connectivity index is 1.43. The van der Waals surface area contributed by atoms with E-state index in [0.717, 1.165) is 23.2 Å². The van der Waals surface area contributed by atoms with Crippen LogP contribution in [0, 0.1) is 0 Å². The van der Waals surface area contributed by atoms with Crippen LogP contribution in [0.5, 0.6) is 0 Å². The van der Waals surface area contributed by atoms with Crippen molar-refractivity contribution in [3.05, 3.63) is 84.1 Å². The molecule has 140 valence electrons. The third-order valence-electron chi connectivity index (χ3n) is 5.75. The number of para-hydroxylation sites is 1. The Morgan fingerprint density at radius 1 is 0.862 bits per heavy atom. The van der Waals surface area contributed by atoms with Crippen molar-refractivity contribution in [3.8, 4) is 0 Å². The molecule has 5 heteroatoms. The van der Waals surface area contributed by atoms with Gasteiger partial charge in [-0.1, -0.05) is 42.5 Å². The summed E-state index contributed by atoms with van der Waals surface area (Å²) in [5, 5.41) is 12.6. The van der Waals surface area contributed by atoms with Crippen molar-refractivity contribution in [2.75, 3.05) is 0 Å². The van der Waals surface area contributed by atoms with Gasteiger partial charge in [0.25, 0.3) is 0 Å². The van der Waals surface area contributed by atoms with Gasteiger partial charge in [-0.3, -0.25) is 0 Å². The second kappa shape index (κ2) is 6.29. The fourth-order valence-corrected chi connectivity index (χ4v) is 5.35. The normalized spacial score (nSPS) is 17.0. The lowest BCUT2D eigenvalue weighted by Crippen LogP contribution is -2.27. The van der Waals surface area contributed by atoms with E-state index in [9.17, 15) is 0 Å². The Labute approximate surface area is 171 Å². The molecule has 3 aromatic carbocycles. The van der Waals surface area contributed by atoms with Gasteiger partial charge < -0.3 is 10.7 Å². The number of H-pyrrole nitrogens is 1. The molecule has 3 heterocycles. The summed E-state index contributed by atoms with van der Waals surface area (Å²) >= 11 is 1.83. The highest BCUT2D eigenvalue weighted by atomic mass is 32.1. The van der Waals surface area contributed by atoms with Crippen LogP contribution in [0.15, 0.2) is 83.1 Å².